The van der Waals surface area contributed by atoms with Crippen LogP contribution in [0.25, 0.3) is 0 Å². The molecule has 1 aromatic rings. The average molecular weight is 366 g/mol. The molecular weight excluding hydrogens is 340 g/mol. The fourth-order valence-electron chi connectivity index (χ4n) is 2.81. The highest BCUT2D eigenvalue weighted by Crippen LogP contribution is 2.23. The van der Waals surface area contributed by atoms with Gasteiger partial charge in [0.2, 0.25) is 0 Å². The summed E-state index contributed by atoms with van der Waals surface area (Å²) >= 11 is 0. The van der Waals surface area contributed by atoms with Crippen molar-refractivity contribution in [3.8, 4) is 0 Å². The maximum atomic E-state index is 13.4. The Balaban J connectivity index is 2.01. The molecule has 0 bridgehead atoms. The van der Waals surface area contributed by atoms with Crippen molar-refractivity contribution in [2.45, 2.75) is 46.2 Å². The van der Waals surface area contributed by atoms with Crippen molar-refractivity contribution in [3.05, 3.63) is 47.2 Å². The number of carbonyl (C=O) groups is 1. The maximum absolute atomic E-state index is 13.4. The van der Waals surface area contributed by atoms with E-state index in [1.54, 1.807) is 0 Å². The lowest BCUT2D eigenvalue weighted by Gasteiger charge is -2.22. The number of hydrogen-bond acceptors (Lipinski definition) is 3. The first kappa shape index (κ1) is 20.0. The van der Waals surface area contributed by atoms with Gasteiger partial charge in [0.25, 0.3) is 5.84 Å². The normalized spacial score (nSPS) is 18.8. The number of carbonyl (C=O) groups excluding carboxylic acids is 1. The van der Waals surface area contributed by atoms with Crippen molar-refractivity contribution in [1.29, 1.82) is 0 Å². The number of benzene rings is 1. The molecule has 0 radical (unpaired) electrons. The fraction of sp³-hybridized carbons (Fsp3) is 0.474. The van der Waals surface area contributed by atoms with Gasteiger partial charge in [-0.2, -0.15) is 0 Å². The molecule has 1 aliphatic heterocycles. The molecule has 0 aliphatic carbocycles. The minimum atomic E-state index is -0.900. The number of likely N-dealkylation sites (tertiary alicyclic amines) is 1. The molecule has 7 heteroatoms. The van der Waals surface area contributed by atoms with E-state index in [0.717, 1.165) is 18.6 Å². The monoisotopic (exact) mass is 366 g/mol. The Morgan fingerprint density at radius 1 is 1.38 bits per heavy atom. The van der Waals surface area contributed by atoms with Crippen LogP contribution in [0.1, 0.15) is 39.2 Å². The van der Waals surface area contributed by atoms with E-state index in [0.29, 0.717) is 25.1 Å². The van der Waals surface area contributed by atoms with Crippen LogP contribution in [0.3, 0.4) is 0 Å². The molecule has 1 aromatic carbocycles. The standard InChI is InChI=1S/C19H25F2N3O2/c1-19(2,3)16(25)10-17(22)23-18(26)15-5-4-8-24(15)11-12-6-7-13(20)14(21)9-12/h6-7,9-10,15,25H,4-5,8,11H2,1-3H3,(H2,22,23,26)/p+1/b16-10-/t15-/m0/s1. The van der Waals surface area contributed by atoms with Crippen LogP contribution in [0.4, 0.5) is 8.78 Å². The molecule has 0 saturated carbocycles. The van der Waals surface area contributed by atoms with Crippen molar-refractivity contribution < 1.29 is 24.1 Å². The van der Waals surface area contributed by atoms with Crippen LogP contribution in [0, 0.1) is 17.0 Å². The van der Waals surface area contributed by atoms with Gasteiger partial charge in [-0.1, -0.05) is 26.8 Å². The van der Waals surface area contributed by atoms with Crippen molar-refractivity contribution in [2.75, 3.05) is 6.54 Å². The summed E-state index contributed by atoms with van der Waals surface area (Å²) in [5.41, 5.74) is 0.132. The van der Waals surface area contributed by atoms with Crippen LogP contribution >= 0.6 is 0 Å². The summed E-state index contributed by atoms with van der Waals surface area (Å²) in [7, 11) is 0. The molecule has 1 amide bonds. The molecule has 0 aromatic heterocycles. The second-order valence-corrected chi connectivity index (χ2v) is 7.60. The Bertz CT molecular complexity index is 726. The number of rotatable bonds is 4. The van der Waals surface area contributed by atoms with E-state index >= 15 is 0 Å². The largest absolute Gasteiger partial charge is 0.511 e. The molecule has 5 nitrogen and oxygen atoms in total. The van der Waals surface area contributed by atoms with Gasteiger partial charge in [0, 0.05) is 12.0 Å². The average Bonchev–Trinajstić information content (AvgIpc) is 2.98. The maximum Gasteiger partial charge on any atom is 0.324 e. The summed E-state index contributed by atoms with van der Waals surface area (Å²) in [6.07, 6.45) is 2.81. The Kier molecular flexibility index (Phi) is 6.13. The van der Waals surface area contributed by atoms with Gasteiger partial charge in [-0.3, -0.25) is 10.3 Å². The van der Waals surface area contributed by atoms with Crippen LogP contribution in [0.5, 0.6) is 0 Å². The van der Waals surface area contributed by atoms with Crippen molar-refractivity contribution >= 4 is 11.7 Å². The van der Waals surface area contributed by atoms with Crippen LogP contribution < -0.4 is 10.7 Å². The number of allylic oxidation sites excluding steroid dienone is 1. The third kappa shape index (κ3) is 5.11. The lowest BCUT2D eigenvalue weighted by atomic mass is 9.93. The van der Waals surface area contributed by atoms with Gasteiger partial charge in [0.1, 0.15) is 11.8 Å². The fourth-order valence-corrected chi connectivity index (χ4v) is 2.81. The summed E-state index contributed by atoms with van der Waals surface area (Å²) in [5.74, 6) is -1.93. The molecule has 1 saturated heterocycles. The summed E-state index contributed by atoms with van der Waals surface area (Å²) in [4.78, 5) is 14.4. The number of amidine groups is 1. The van der Waals surface area contributed by atoms with Gasteiger partial charge in [-0.15, -0.1) is 0 Å². The second kappa shape index (κ2) is 7.95. The minimum absolute atomic E-state index is 0.0698. The van der Waals surface area contributed by atoms with Crippen molar-refractivity contribution in [1.82, 2.24) is 10.2 Å². The van der Waals surface area contributed by atoms with E-state index in [1.165, 1.54) is 12.1 Å². The SMILES string of the molecule is CC(C)(C)/C(O)=C/C(=[NH2+])NC(=O)[C@@H]1CCCN1Cc1ccc(F)c(F)c1. The van der Waals surface area contributed by atoms with Crippen LogP contribution in [-0.4, -0.2) is 34.3 Å². The highest BCUT2D eigenvalue weighted by atomic mass is 19.2. The van der Waals surface area contributed by atoms with E-state index in [9.17, 15) is 18.7 Å². The molecule has 1 aliphatic rings. The number of hydrogen-bond donors (Lipinski definition) is 3. The smallest absolute Gasteiger partial charge is 0.324 e. The zero-order valence-corrected chi connectivity index (χ0v) is 15.4. The Hall–Kier alpha value is -2.28. The van der Waals surface area contributed by atoms with Crippen LogP contribution in [0.15, 0.2) is 30.0 Å². The lowest BCUT2D eigenvalue weighted by molar-refractivity contribution is -0.131. The molecule has 2 rings (SSSR count). The third-order valence-electron chi connectivity index (χ3n) is 4.36. The molecule has 1 heterocycles. The molecule has 26 heavy (non-hydrogen) atoms. The van der Waals surface area contributed by atoms with Gasteiger partial charge in [0.05, 0.1) is 6.08 Å². The topological polar surface area (TPSA) is 78.2 Å². The quantitative estimate of drug-likeness (QED) is 0.431. The van der Waals surface area contributed by atoms with Gasteiger partial charge < -0.3 is 5.11 Å². The summed E-state index contributed by atoms with van der Waals surface area (Å²) in [6, 6.07) is 3.33. The molecule has 142 valence electrons. The van der Waals surface area contributed by atoms with Crippen LogP contribution in [0.2, 0.25) is 0 Å². The van der Waals surface area contributed by atoms with Gasteiger partial charge in [-0.25, -0.2) is 18.9 Å². The lowest BCUT2D eigenvalue weighted by Crippen LogP contribution is -2.54. The van der Waals surface area contributed by atoms with Crippen LogP contribution in [-0.2, 0) is 11.3 Å². The first-order chi connectivity index (χ1) is 12.1. The highest BCUT2D eigenvalue weighted by Gasteiger charge is 2.34. The highest BCUT2D eigenvalue weighted by molar-refractivity contribution is 6.03. The molecule has 0 unspecified atom stereocenters. The third-order valence-corrected chi connectivity index (χ3v) is 4.36. The molecule has 0 spiro atoms. The van der Waals surface area contributed by atoms with Gasteiger partial charge >= 0.3 is 5.91 Å². The van der Waals surface area contributed by atoms with Gasteiger partial charge in [-0.05, 0) is 37.1 Å². The summed E-state index contributed by atoms with van der Waals surface area (Å²) < 4.78 is 26.4. The minimum Gasteiger partial charge on any atom is -0.511 e. The Morgan fingerprint density at radius 2 is 2.08 bits per heavy atom. The number of amides is 1. The van der Waals surface area contributed by atoms with E-state index in [-0.39, 0.29) is 17.5 Å². The molecule has 4 N–H and O–H groups in total. The van der Waals surface area contributed by atoms with Crippen molar-refractivity contribution in [2.24, 2.45) is 5.41 Å². The number of nitrogens with one attached hydrogen (secondary N) is 1. The number of nitrogens with two attached hydrogens (primary N) is 1. The van der Waals surface area contributed by atoms with Crippen molar-refractivity contribution in [3.63, 3.8) is 0 Å². The Labute approximate surface area is 152 Å². The predicted molar refractivity (Wildman–Crippen MR) is 95.0 cm³/mol. The van der Waals surface area contributed by atoms with E-state index in [4.69, 9.17) is 5.41 Å². The number of nitrogens with zero attached hydrogens (tertiary/aromatic N) is 1. The Morgan fingerprint density at radius 3 is 2.69 bits per heavy atom. The zero-order chi connectivity index (χ0) is 19.5. The summed E-state index contributed by atoms with van der Waals surface area (Å²) in [6.45, 7) is 6.51. The van der Waals surface area contributed by atoms with Gasteiger partial charge in [0.15, 0.2) is 11.6 Å². The predicted octanol–water partition coefficient (Wildman–Crippen LogP) is 1.69. The molecule has 1 fully saturated rings. The second-order valence-electron chi connectivity index (χ2n) is 7.60. The first-order valence-electron chi connectivity index (χ1n) is 8.60. The van der Waals surface area contributed by atoms with E-state index in [1.807, 2.05) is 25.7 Å². The summed E-state index contributed by atoms with van der Waals surface area (Å²) in [5, 5.41) is 18.4. The number of aliphatic hydroxyl groups is 1. The first-order valence-corrected chi connectivity index (χ1v) is 8.60. The number of halogens is 2. The number of aliphatic hydroxyl groups excluding tert-OH is 1. The molecule has 1 atom stereocenters. The van der Waals surface area contributed by atoms with E-state index < -0.39 is 23.1 Å². The zero-order valence-electron chi connectivity index (χ0n) is 15.4. The molecular formula is C19H26F2N3O2+. The van der Waals surface area contributed by atoms with E-state index in [2.05, 4.69) is 5.32 Å².